The van der Waals surface area contributed by atoms with Crippen molar-refractivity contribution in [3.8, 4) is 10.6 Å². The first-order chi connectivity index (χ1) is 41.0. The maximum atomic E-state index is 13.4. The zero-order chi connectivity index (χ0) is 63.2. The number of benzene rings is 7. The van der Waals surface area contributed by atoms with E-state index in [0.29, 0.717) is 12.8 Å². The number of rotatable bonds is 13. The topological polar surface area (TPSA) is 193 Å². The first kappa shape index (κ1) is 65.3. The lowest BCUT2D eigenvalue weighted by Crippen LogP contribution is -2.60. The van der Waals surface area contributed by atoms with Crippen molar-refractivity contribution in [1.29, 1.82) is 0 Å². The Hall–Kier alpha value is -7.67. The second-order valence-electron chi connectivity index (χ2n) is 21.1. The van der Waals surface area contributed by atoms with E-state index in [-0.39, 0.29) is 63.6 Å². The zero-order valence-electron chi connectivity index (χ0n) is 46.4. The number of halogens is 7. The van der Waals surface area contributed by atoms with Gasteiger partial charge in [-0.25, -0.2) is 35.2 Å². The number of hydrogen-bond donors (Lipinski definition) is 0. The fourth-order valence-corrected chi connectivity index (χ4v) is 17.0. The molecule has 0 radical (unpaired) electrons. The average molecular weight is 1280 g/mol. The van der Waals surface area contributed by atoms with Crippen molar-refractivity contribution < 1.29 is 85.3 Å². The number of esters is 3. The van der Waals surface area contributed by atoms with Gasteiger partial charge >= 0.3 is 24.1 Å². The van der Waals surface area contributed by atoms with Crippen LogP contribution in [0.2, 0.25) is 0 Å². The van der Waals surface area contributed by atoms with Crippen LogP contribution in [0.4, 0.5) is 30.7 Å². The van der Waals surface area contributed by atoms with E-state index in [4.69, 9.17) is 4.74 Å². The Morgan fingerprint density at radius 3 is 1.40 bits per heavy atom. The van der Waals surface area contributed by atoms with Gasteiger partial charge in [-0.15, -0.1) is 0 Å². The number of fused-ring (bicyclic) bond motifs is 3. The van der Waals surface area contributed by atoms with Crippen molar-refractivity contribution in [2.45, 2.75) is 89.8 Å². The molecule has 23 heteroatoms. The summed E-state index contributed by atoms with van der Waals surface area (Å²) in [6.45, 7) is 9.15. The molecule has 87 heavy (non-hydrogen) atoms. The van der Waals surface area contributed by atoms with E-state index >= 15 is 0 Å². The molecule has 456 valence electrons. The van der Waals surface area contributed by atoms with E-state index in [1.54, 1.807) is 0 Å². The summed E-state index contributed by atoms with van der Waals surface area (Å²) in [5.41, 5.74) is -2.44. The van der Waals surface area contributed by atoms with Crippen LogP contribution in [0.25, 0.3) is 25.1 Å². The summed E-state index contributed by atoms with van der Waals surface area (Å²) >= 11 is 0. The monoisotopic (exact) mass is 1280 g/mol. The SMILES string of the molecule is C=C(C)C(=O)OC12CC3CC(C1)CC(C(=O)OC(CS(=O)(=O)[O-])C(F)(F)F)(C3)C2.C=C(C)C(=O)Oc1c(F)c(F)c(S(=O)(=O)[O-])c(F)c1F.c1ccc(-[s+]2c3ccccc3c3ccccc32)cc1.c1ccc([S+](c2ccccc2)c2ccccc2)cc1. The quantitative estimate of drug-likeness (QED) is 0.0202. The maximum absolute atomic E-state index is 13.4. The highest BCUT2D eigenvalue weighted by atomic mass is 32.2. The van der Waals surface area contributed by atoms with Gasteiger partial charge in [-0.05, 0) is 131 Å². The first-order valence-corrected chi connectivity index (χ1v) is 32.1. The summed E-state index contributed by atoms with van der Waals surface area (Å²) in [6, 6.07) is 60.6. The summed E-state index contributed by atoms with van der Waals surface area (Å²) < 4.78 is 174. The van der Waals surface area contributed by atoms with Crippen LogP contribution in [0, 0.1) is 40.5 Å². The molecule has 12 rings (SSSR count). The van der Waals surface area contributed by atoms with E-state index in [1.807, 2.05) is 0 Å². The molecule has 0 amide bonds. The Balaban J connectivity index is 0.000000153. The fourth-order valence-electron chi connectivity index (χ4n) is 11.3. The standard InChI is InChI=1S/C18H23F3O7S.C18H13S.C18H15S.C10H6F4O5S/c1-10(2)14(22)28-17-6-11-3-12(7-17)5-16(4-11,9-17)15(23)27-13(18(19,20)21)8-29(24,25)26;1-2-8-14(9-3-1)19-17-12-6-4-10-15(17)16-11-5-7-13-18(16)19;1-4-10-16(11-5-1)19(17-12-6-2-7-13-17)18-14-8-3-9-15-18;1-3(2)10(15)19-8-4(11)6(13)9(20(16,17)18)7(14)5(8)12/h11-13H,1,3-9H2,2H3,(H,24,25,26);1-13H;1-15H;1H2,2H3,(H,16,17,18)/q;2*+1;/p-2. The summed E-state index contributed by atoms with van der Waals surface area (Å²) in [5, 5.41) is 2.79. The molecule has 8 aromatic rings. The Labute approximate surface area is 503 Å². The van der Waals surface area contributed by atoms with Crippen molar-refractivity contribution in [2.75, 3.05) is 5.75 Å². The maximum Gasteiger partial charge on any atom is 0.426 e. The molecule has 4 aliphatic carbocycles. The van der Waals surface area contributed by atoms with Crippen molar-refractivity contribution in [3.63, 3.8) is 0 Å². The van der Waals surface area contributed by atoms with Crippen molar-refractivity contribution in [3.05, 3.63) is 217 Å². The van der Waals surface area contributed by atoms with Crippen LogP contribution in [0.1, 0.15) is 52.4 Å². The van der Waals surface area contributed by atoms with Crippen molar-refractivity contribution in [2.24, 2.45) is 17.3 Å². The molecule has 7 aromatic carbocycles. The van der Waals surface area contributed by atoms with Crippen LogP contribution in [0.15, 0.2) is 214 Å². The highest BCUT2D eigenvalue weighted by molar-refractivity contribution is 7.97. The van der Waals surface area contributed by atoms with E-state index in [2.05, 4.69) is 192 Å². The Morgan fingerprint density at radius 1 is 0.609 bits per heavy atom. The minimum Gasteiger partial charge on any atom is -0.748 e. The molecule has 3 unspecified atom stereocenters. The molecule has 4 aliphatic rings. The molecule has 0 aliphatic heterocycles. The number of hydrogen-bond acceptors (Lipinski definition) is 12. The predicted molar refractivity (Wildman–Crippen MR) is 313 cm³/mol. The molecule has 3 atom stereocenters. The second kappa shape index (κ2) is 26.7. The second-order valence-corrected chi connectivity index (χ2v) is 27.9. The van der Waals surface area contributed by atoms with Crippen LogP contribution >= 0.6 is 10.5 Å². The lowest BCUT2D eigenvalue weighted by Gasteiger charge is -2.59. The third-order valence-electron chi connectivity index (χ3n) is 14.5. The molecular formula is C64H55F7O12S4. The number of carbonyl (C=O) groups excluding carboxylic acids is 3. The smallest absolute Gasteiger partial charge is 0.426 e. The molecule has 1 aromatic heterocycles. The summed E-state index contributed by atoms with van der Waals surface area (Å²) in [4.78, 5) is 39.1. The first-order valence-electron chi connectivity index (χ1n) is 26.7. The van der Waals surface area contributed by atoms with Crippen molar-refractivity contribution in [1.82, 2.24) is 0 Å². The van der Waals surface area contributed by atoms with Gasteiger partial charge in [-0.2, -0.15) is 22.0 Å². The average Bonchev–Trinajstić information content (AvgIpc) is 1.27. The molecule has 0 saturated heterocycles. The third kappa shape index (κ3) is 15.4. The van der Waals surface area contributed by atoms with E-state index in [1.165, 1.54) is 46.7 Å². The summed E-state index contributed by atoms with van der Waals surface area (Å²) in [7, 11) is -11.0. The number of carbonyl (C=O) groups is 3. The van der Waals surface area contributed by atoms with Gasteiger partial charge in [0.2, 0.25) is 23.5 Å². The van der Waals surface area contributed by atoms with E-state index in [0.717, 1.165) is 13.3 Å². The Kier molecular flexibility index (Phi) is 20.1. The molecule has 0 spiro atoms. The van der Waals surface area contributed by atoms with Crippen LogP contribution in [0.5, 0.6) is 5.75 Å². The fraction of sp³-hybridized carbons (Fsp3) is 0.234. The molecule has 4 saturated carbocycles. The summed E-state index contributed by atoms with van der Waals surface area (Å²) in [6.07, 6.45) is -5.85. The normalized spacial score (nSPS) is 18.9. The zero-order valence-corrected chi connectivity index (χ0v) is 49.7. The molecule has 12 nitrogen and oxygen atoms in total. The molecule has 0 N–H and O–H groups in total. The van der Waals surface area contributed by atoms with Gasteiger partial charge in [-0.3, -0.25) is 4.79 Å². The van der Waals surface area contributed by atoms with Gasteiger partial charge in [0.25, 0.3) is 0 Å². The lowest BCUT2D eigenvalue weighted by atomic mass is 9.48. The van der Waals surface area contributed by atoms with Crippen LogP contribution in [-0.2, 0) is 55.0 Å². The molecular weight excluding hydrogens is 1220 g/mol. The van der Waals surface area contributed by atoms with Gasteiger partial charge < -0.3 is 23.3 Å². The minimum absolute atomic E-state index is 0.0134. The van der Waals surface area contributed by atoms with Crippen molar-refractivity contribution >= 4 is 79.7 Å². The Morgan fingerprint density at radius 2 is 1.01 bits per heavy atom. The third-order valence-corrected chi connectivity index (χ3v) is 20.6. The Bertz CT molecular complexity index is 3900. The minimum atomic E-state index is -5.81. The number of thiophene rings is 1. The van der Waals surface area contributed by atoms with Gasteiger partial charge in [-0.1, -0.05) is 110 Å². The highest BCUT2D eigenvalue weighted by Crippen LogP contribution is 2.63. The largest absolute Gasteiger partial charge is 0.748 e. The summed E-state index contributed by atoms with van der Waals surface area (Å²) in [5.74, 6) is -16.5. The number of ether oxygens (including phenoxy) is 3. The van der Waals surface area contributed by atoms with Gasteiger partial charge in [0.15, 0.2) is 40.6 Å². The van der Waals surface area contributed by atoms with Crippen LogP contribution < -0.4 is 4.74 Å². The van der Waals surface area contributed by atoms with E-state index in [9.17, 15) is 71.1 Å². The highest BCUT2D eigenvalue weighted by Gasteiger charge is 2.64. The predicted octanol–water partition coefficient (Wildman–Crippen LogP) is 14.6. The van der Waals surface area contributed by atoms with Gasteiger partial charge in [0.05, 0.1) is 32.2 Å². The van der Waals surface area contributed by atoms with Crippen LogP contribution in [-0.4, -0.2) is 67.5 Å². The van der Waals surface area contributed by atoms with Gasteiger partial charge in [0, 0.05) is 38.8 Å². The lowest BCUT2D eigenvalue weighted by molar-refractivity contribution is -0.236. The number of alkyl halides is 3. The molecule has 1 heterocycles. The van der Waals surface area contributed by atoms with Crippen LogP contribution in [0.3, 0.4) is 0 Å². The van der Waals surface area contributed by atoms with Gasteiger partial charge in [0.1, 0.15) is 20.6 Å². The molecule has 4 bridgehead atoms. The van der Waals surface area contributed by atoms with E-state index < -0.39 is 101 Å². The molecule has 4 fully saturated rings.